The smallest absolute Gasteiger partial charge is 0.0861 e. The molecule has 4 heteroatoms. The standard InChI is InChI=1S/C10H17N3O/c1-8-3-4-10-9(7-8)11-12-13(10)5-2-6-14/h8,14H,2-7H2,1H3. The van der Waals surface area contributed by atoms with Crippen LogP contribution >= 0.6 is 0 Å². The van der Waals surface area contributed by atoms with Crippen molar-refractivity contribution in [3.8, 4) is 0 Å². The maximum atomic E-state index is 8.75. The highest BCUT2D eigenvalue weighted by atomic mass is 16.3. The van der Waals surface area contributed by atoms with Crippen molar-refractivity contribution in [1.82, 2.24) is 15.0 Å². The van der Waals surface area contributed by atoms with Crippen LogP contribution in [-0.2, 0) is 19.4 Å². The summed E-state index contributed by atoms with van der Waals surface area (Å²) in [5, 5.41) is 17.1. The van der Waals surface area contributed by atoms with Crippen LogP contribution in [0.25, 0.3) is 0 Å². The Morgan fingerprint density at radius 3 is 3.21 bits per heavy atom. The number of aliphatic hydroxyl groups is 1. The second kappa shape index (κ2) is 4.09. The van der Waals surface area contributed by atoms with Crippen molar-refractivity contribution in [2.75, 3.05) is 6.61 Å². The summed E-state index contributed by atoms with van der Waals surface area (Å²) in [6.45, 7) is 3.29. The van der Waals surface area contributed by atoms with Gasteiger partial charge in [0.05, 0.1) is 11.4 Å². The van der Waals surface area contributed by atoms with Gasteiger partial charge in [-0.05, 0) is 31.6 Å². The largest absolute Gasteiger partial charge is 0.396 e. The predicted molar refractivity (Wildman–Crippen MR) is 52.9 cm³/mol. The molecule has 0 radical (unpaired) electrons. The van der Waals surface area contributed by atoms with E-state index < -0.39 is 0 Å². The fraction of sp³-hybridized carbons (Fsp3) is 0.800. The van der Waals surface area contributed by atoms with Crippen LogP contribution in [0.5, 0.6) is 0 Å². The molecule has 0 amide bonds. The van der Waals surface area contributed by atoms with Gasteiger partial charge in [-0.1, -0.05) is 12.1 Å². The molecule has 78 valence electrons. The van der Waals surface area contributed by atoms with Crippen LogP contribution in [-0.4, -0.2) is 26.7 Å². The topological polar surface area (TPSA) is 50.9 Å². The summed E-state index contributed by atoms with van der Waals surface area (Å²) in [4.78, 5) is 0. The van der Waals surface area contributed by atoms with E-state index in [0.717, 1.165) is 31.7 Å². The van der Waals surface area contributed by atoms with Crippen molar-refractivity contribution >= 4 is 0 Å². The molecule has 1 aliphatic carbocycles. The summed E-state index contributed by atoms with van der Waals surface area (Å²) in [6.07, 6.45) is 4.16. The molecule has 0 aromatic carbocycles. The number of aliphatic hydroxyl groups excluding tert-OH is 1. The molecule has 4 nitrogen and oxygen atoms in total. The lowest BCUT2D eigenvalue weighted by atomic mass is 9.91. The van der Waals surface area contributed by atoms with Gasteiger partial charge in [0, 0.05) is 13.2 Å². The predicted octanol–water partition coefficient (Wildman–Crippen LogP) is 0.785. The Morgan fingerprint density at radius 1 is 1.57 bits per heavy atom. The Hall–Kier alpha value is -0.900. The third-order valence-corrected chi connectivity index (χ3v) is 2.86. The van der Waals surface area contributed by atoms with E-state index in [4.69, 9.17) is 5.11 Å². The minimum Gasteiger partial charge on any atom is -0.396 e. The van der Waals surface area contributed by atoms with E-state index in [9.17, 15) is 0 Å². The molecule has 1 unspecified atom stereocenters. The van der Waals surface area contributed by atoms with E-state index in [1.165, 1.54) is 17.8 Å². The summed E-state index contributed by atoms with van der Waals surface area (Å²) in [5.74, 6) is 0.741. The van der Waals surface area contributed by atoms with Gasteiger partial charge in [0.15, 0.2) is 0 Å². The van der Waals surface area contributed by atoms with Crippen LogP contribution < -0.4 is 0 Å². The van der Waals surface area contributed by atoms with Crippen LogP contribution in [0.15, 0.2) is 0 Å². The normalized spacial score (nSPS) is 20.9. The summed E-state index contributed by atoms with van der Waals surface area (Å²) in [7, 11) is 0. The zero-order chi connectivity index (χ0) is 9.97. The molecule has 1 N–H and O–H groups in total. The fourth-order valence-corrected chi connectivity index (χ4v) is 2.02. The highest BCUT2D eigenvalue weighted by Crippen LogP contribution is 2.23. The first kappa shape index (κ1) is 9.65. The summed E-state index contributed by atoms with van der Waals surface area (Å²) >= 11 is 0. The number of hydrogen-bond donors (Lipinski definition) is 1. The Bertz CT molecular complexity index is 308. The molecular formula is C10H17N3O. The van der Waals surface area contributed by atoms with E-state index in [-0.39, 0.29) is 6.61 Å². The van der Waals surface area contributed by atoms with E-state index in [1.807, 2.05) is 4.68 Å². The Morgan fingerprint density at radius 2 is 2.43 bits per heavy atom. The van der Waals surface area contributed by atoms with Crippen molar-refractivity contribution in [3.63, 3.8) is 0 Å². The fourth-order valence-electron chi connectivity index (χ4n) is 2.02. The molecule has 0 bridgehead atoms. The minimum atomic E-state index is 0.227. The van der Waals surface area contributed by atoms with Crippen molar-refractivity contribution in [1.29, 1.82) is 0 Å². The van der Waals surface area contributed by atoms with Gasteiger partial charge in [-0.3, -0.25) is 0 Å². The molecule has 0 saturated heterocycles. The quantitative estimate of drug-likeness (QED) is 0.775. The lowest BCUT2D eigenvalue weighted by Gasteiger charge is -2.17. The Labute approximate surface area is 83.9 Å². The molecule has 0 spiro atoms. The zero-order valence-corrected chi connectivity index (χ0v) is 8.61. The molecule has 0 fully saturated rings. The molecule has 2 rings (SSSR count). The first-order chi connectivity index (χ1) is 6.81. The molecule has 0 aliphatic heterocycles. The van der Waals surface area contributed by atoms with E-state index >= 15 is 0 Å². The first-order valence-corrected chi connectivity index (χ1v) is 5.33. The first-order valence-electron chi connectivity index (χ1n) is 5.33. The van der Waals surface area contributed by atoms with Gasteiger partial charge in [-0.2, -0.15) is 0 Å². The average Bonchev–Trinajstić information content (AvgIpc) is 2.57. The molecule has 0 saturated carbocycles. The molecule has 14 heavy (non-hydrogen) atoms. The number of aromatic nitrogens is 3. The van der Waals surface area contributed by atoms with Crippen LogP contribution in [0.3, 0.4) is 0 Å². The van der Waals surface area contributed by atoms with Crippen LogP contribution in [0.1, 0.15) is 31.2 Å². The lowest BCUT2D eigenvalue weighted by molar-refractivity contribution is 0.275. The number of aryl methyl sites for hydroxylation is 1. The van der Waals surface area contributed by atoms with Gasteiger partial charge in [0.1, 0.15) is 0 Å². The van der Waals surface area contributed by atoms with Crippen LogP contribution in [0.2, 0.25) is 0 Å². The van der Waals surface area contributed by atoms with Gasteiger partial charge < -0.3 is 5.11 Å². The summed E-state index contributed by atoms with van der Waals surface area (Å²) in [6, 6.07) is 0. The van der Waals surface area contributed by atoms with Crippen LogP contribution in [0.4, 0.5) is 0 Å². The molecule has 1 heterocycles. The van der Waals surface area contributed by atoms with Crippen molar-refractivity contribution in [2.24, 2.45) is 5.92 Å². The lowest BCUT2D eigenvalue weighted by Crippen LogP contribution is -2.15. The second-order valence-corrected chi connectivity index (χ2v) is 4.13. The van der Waals surface area contributed by atoms with Crippen molar-refractivity contribution in [3.05, 3.63) is 11.4 Å². The molecular weight excluding hydrogens is 178 g/mol. The number of nitrogens with zero attached hydrogens (tertiary/aromatic N) is 3. The van der Waals surface area contributed by atoms with Crippen molar-refractivity contribution < 1.29 is 5.11 Å². The van der Waals surface area contributed by atoms with E-state index in [0.29, 0.717) is 0 Å². The maximum Gasteiger partial charge on any atom is 0.0861 e. The molecule has 1 atom stereocenters. The number of rotatable bonds is 3. The highest BCUT2D eigenvalue weighted by Gasteiger charge is 2.20. The maximum absolute atomic E-state index is 8.75. The minimum absolute atomic E-state index is 0.227. The summed E-state index contributed by atoms with van der Waals surface area (Å²) in [5.41, 5.74) is 2.46. The number of fused-ring (bicyclic) bond motifs is 1. The Kier molecular flexibility index (Phi) is 2.82. The monoisotopic (exact) mass is 195 g/mol. The van der Waals surface area contributed by atoms with E-state index in [2.05, 4.69) is 17.2 Å². The summed E-state index contributed by atoms with van der Waals surface area (Å²) < 4.78 is 1.96. The second-order valence-electron chi connectivity index (χ2n) is 4.13. The van der Waals surface area contributed by atoms with Gasteiger partial charge >= 0.3 is 0 Å². The zero-order valence-electron chi connectivity index (χ0n) is 8.61. The van der Waals surface area contributed by atoms with Crippen molar-refractivity contribution in [2.45, 2.75) is 39.2 Å². The van der Waals surface area contributed by atoms with Gasteiger partial charge in [-0.15, -0.1) is 5.10 Å². The van der Waals surface area contributed by atoms with Gasteiger partial charge in [0.2, 0.25) is 0 Å². The third-order valence-electron chi connectivity index (χ3n) is 2.86. The molecule has 1 aliphatic rings. The van der Waals surface area contributed by atoms with E-state index in [1.54, 1.807) is 0 Å². The molecule has 1 aromatic heterocycles. The average molecular weight is 195 g/mol. The van der Waals surface area contributed by atoms with Gasteiger partial charge in [0.25, 0.3) is 0 Å². The third kappa shape index (κ3) is 1.80. The number of hydrogen-bond acceptors (Lipinski definition) is 3. The Balaban J connectivity index is 2.12. The van der Waals surface area contributed by atoms with Crippen LogP contribution in [0, 0.1) is 5.92 Å². The molecule has 1 aromatic rings. The highest BCUT2D eigenvalue weighted by molar-refractivity contribution is 5.14. The SMILES string of the molecule is CC1CCc2c(nnn2CCCO)C1. The van der Waals surface area contributed by atoms with Gasteiger partial charge in [-0.25, -0.2) is 4.68 Å².